The van der Waals surface area contributed by atoms with Crippen LogP contribution in [-0.2, 0) is 26.7 Å². The normalized spacial score (nSPS) is 17.7. The molecular weight excluding hydrogens is 796 g/mol. The molecule has 1 atom stereocenters. The summed E-state index contributed by atoms with van der Waals surface area (Å²) in [4.78, 5) is 41.6. The van der Waals surface area contributed by atoms with Crippen LogP contribution in [0.2, 0.25) is 0 Å². The topological polar surface area (TPSA) is 174 Å². The molecule has 5 heterocycles. The van der Waals surface area contributed by atoms with Gasteiger partial charge in [-0.1, -0.05) is 47.6 Å². The molecule has 0 aliphatic carbocycles. The van der Waals surface area contributed by atoms with Gasteiger partial charge in [0.25, 0.3) is 0 Å². The summed E-state index contributed by atoms with van der Waals surface area (Å²) in [6.07, 6.45) is 20.7. The number of nitrogens with zero attached hydrogens (tertiary/aromatic N) is 3. The van der Waals surface area contributed by atoms with Gasteiger partial charge in [0.15, 0.2) is 0 Å². The van der Waals surface area contributed by atoms with Crippen LogP contribution in [0.15, 0.2) is 125 Å². The van der Waals surface area contributed by atoms with Gasteiger partial charge in [-0.25, -0.2) is 15.0 Å². The van der Waals surface area contributed by atoms with Crippen molar-refractivity contribution in [3.8, 4) is 0 Å². The first-order valence-corrected chi connectivity index (χ1v) is 20.4. The van der Waals surface area contributed by atoms with E-state index in [2.05, 4.69) is 57.5 Å². The number of carbonyl (C=O) groups is 2. The van der Waals surface area contributed by atoms with Crippen LogP contribution in [0.25, 0.3) is 18.2 Å². The molecule has 0 aromatic carbocycles. The fraction of sp³-hybridized carbons (Fsp3) is 0.367. The predicted molar refractivity (Wildman–Crippen MR) is 235 cm³/mol. The van der Waals surface area contributed by atoms with E-state index in [1.807, 2.05) is 32.9 Å². The average molecular weight is 853 g/mol. The number of H-pyrrole nitrogens is 1. The number of carboxylic acid groups (broad SMARTS) is 2. The number of aromatic amines is 1. The number of fused-ring (bicyclic) bond motifs is 5. The van der Waals surface area contributed by atoms with Crippen molar-refractivity contribution in [3.63, 3.8) is 0 Å². The monoisotopic (exact) mass is 852 g/mol. The van der Waals surface area contributed by atoms with Crippen LogP contribution in [0.1, 0.15) is 117 Å². The molecule has 8 bridgehead atoms. The third-order valence-corrected chi connectivity index (χ3v) is 11.2. The molecule has 0 saturated carbocycles. The predicted octanol–water partition coefficient (Wildman–Crippen LogP) is 6.62. The number of aromatic nitrogens is 1. The number of aliphatic carboxylic acids is 2. The maximum absolute atomic E-state index is 11.9. The number of aliphatic imine (C=N–C) groups is 3. The van der Waals surface area contributed by atoms with Crippen LogP contribution >= 0.6 is 0 Å². The number of aliphatic hydroxyl groups excluding tert-OH is 2. The van der Waals surface area contributed by atoms with Gasteiger partial charge < -0.3 is 35.0 Å². The molecule has 5 rings (SSSR count). The summed E-state index contributed by atoms with van der Waals surface area (Å²) in [6.45, 7) is 18.4. The number of allylic oxidation sites excluding steroid dienone is 13. The Bertz CT molecular complexity index is 2450. The van der Waals surface area contributed by atoms with Crippen molar-refractivity contribution in [3.05, 3.63) is 132 Å². The van der Waals surface area contributed by atoms with Crippen LogP contribution in [0.5, 0.6) is 0 Å². The fourth-order valence-corrected chi connectivity index (χ4v) is 7.80. The van der Waals surface area contributed by atoms with Crippen LogP contribution < -0.4 is 20.9 Å². The van der Waals surface area contributed by atoms with Crippen LogP contribution in [0.4, 0.5) is 0 Å². The molecule has 0 fully saturated rings. The van der Waals surface area contributed by atoms with E-state index in [0.29, 0.717) is 69.4 Å². The van der Waals surface area contributed by atoms with Gasteiger partial charge in [-0.2, -0.15) is 0 Å². The van der Waals surface area contributed by atoms with Crippen molar-refractivity contribution in [2.45, 2.75) is 119 Å². The molecule has 1 unspecified atom stereocenters. The molecule has 1 aromatic heterocycles. The summed E-state index contributed by atoms with van der Waals surface area (Å²) in [5.41, 5.74) is 12.4. The molecule has 0 amide bonds. The Hall–Kier alpha value is -5.35. The van der Waals surface area contributed by atoms with Gasteiger partial charge in [0.05, 0.1) is 46.6 Å². The van der Waals surface area contributed by atoms with Gasteiger partial charge in [0, 0.05) is 39.3 Å². The van der Waals surface area contributed by atoms with Crippen molar-refractivity contribution in [2.24, 2.45) is 15.0 Å². The molecule has 4 aliphatic heterocycles. The van der Waals surface area contributed by atoms with E-state index in [-0.39, 0.29) is 42.8 Å². The number of rotatable bonds is 17. The summed E-state index contributed by atoms with van der Waals surface area (Å²) >= 11 is 0. The van der Waals surface area contributed by atoms with Crippen LogP contribution in [0.3, 0.4) is 0 Å². The first-order valence-electron chi connectivity index (χ1n) is 20.4. The minimum Gasteiger partial charge on any atom is -0.550 e. The van der Waals surface area contributed by atoms with E-state index < -0.39 is 18.0 Å². The van der Waals surface area contributed by atoms with Gasteiger partial charge in [0.1, 0.15) is 0 Å². The third kappa shape index (κ3) is 11.5. The third-order valence-electron chi connectivity index (χ3n) is 11.2. The molecule has 0 radical (unpaired) electrons. The Morgan fingerprint density at radius 1 is 0.750 bits per heavy atom. The quantitative estimate of drug-likeness (QED) is 0.0903. The molecule has 0 saturated heterocycles. The number of carboxylic acids is 2. The summed E-state index contributed by atoms with van der Waals surface area (Å²) in [6, 6.07) is 0. The average Bonchev–Trinajstić information content (AvgIpc) is 3.85. The summed E-state index contributed by atoms with van der Waals surface area (Å²) in [7, 11) is 0. The summed E-state index contributed by atoms with van der Waals surface area (Å²) in [5.74, 6) is -2.45. The minimum atomic E-state index is -1.26. The molecule has 60 heavy (non-hydrogen) atoms. The Balaban J connectivity index is 0.00000794. The first kappa shape index (κ1) is 47.3. The molecule has 4 aliphatic rings. The molecule has 11 heteroatoms. The number of nitrogens with one attached hydrogen (secondary N) is 1. The SMILES string of the molecule is C=Cc1c(C)c2[nH]c1=CC1=NC(=CC3=C(CCC(=O)[O-])/C(=C\O)C(=N3)C=C3N=C(C=2)C(C(O)CC/C=C(\C)CC/C=C(\C)CCC=C(C)C)=C3C)C(CCC(=O)[O-])=C1C.[Fe+2]. The van der Waals surface area contributed by atoms with Gasteiger partial charge in [-0.3, -0.25) is 0 Å². The number of carbonyl (C=O) groups excluding carboxylic acids is 2. The maximum Gasteiger partial charge on any atom is 2.00 e. The summed E-state index contributed by atoms with van der Waals surface area (Å²) in [5, 5.41) is 47.2. The molecule has 10 nitrogen and oxygen atoms in total. The molecule has 316 valence electrons. The zero-order chi connectivity index (χ0) is 43.0. The largest absolute Gasteiger partial charge is 2.00 e. The summed E-state index contributed by atoms with van der Waals surface area (Å²) < 4.78 is 0. The number of hydrogen-bond acceptors (Lipinski definition) is 9. The zero-order valence-corrected chi connectivity index (χ0v) is 36.9. The molecule has 3 N–H and O–H groups in total. The standard InChI is InChI=1S/C49H58N4O6.Fe/c1-9-34-31(6)39-25-45-49(46(55)18-12-17-30(5)16-11-15-29(4)14-10-13-28(2)3)33(8)40(52-45)24-44-37(27-54)36(20-22-48(58)59)43(53-44)26-42-35(19-21-47(56)57)32(7)38(51-42)23-41(34)50-39;/h9,13,15,17,23-27,46,50,54-55H,1,10-12,14,16,18-22H2,2-8H3,(H,56,57)(H,58,59);/q;+2/p-2/b29-15+,30-17+,37-27+,39-25?,40-24?,41-23?,42-26?;. The van der Waals surface area contributed by atoms with Gasteiger partial charge in [-0.05, 0) is 165 Å². The molecule has 1 aromatic rings. The van der Waals surface area contributed by atoms with Crippen molar-refractivity contribution in [1.82, 2.24) is 4.98 Å². The van der Waals surface area contributed by atoms with Crippen LogP contribution in [-0.4, -0.2) is 50.4 Å². The van der Waals surface area contributed by atoms with Crippen molar-refractivity contribution in [2.75, 3.05) is 0 Å². The molecule has 0 spiro atoms. The Morgan fingerprint density at radius 3 is 1.97 bits per heavy atom. The van der Waals surface area contributed by atoms with E-state index in [0.717, 1.165) is 64.9 Å². The Morgan fingerprint density at radius 2 is 1.35 bits per heavy atom. The Labute approximate surface area is 364 Å². The van der Waals surface area contributed by atoms with Crippen molar-refractivity contribution >= 4 is 47.3 Å². The number of hydrogen-bond donors (Lipinski definition) is 3. The Kier molecular flexibility index (Phi) is 16.8. The zero-order valence-electron chi connectivity index (χ0n) is 35.8. The van der Waals surface area contributed by atoms with Gasteiger partial charge in [-0.15, -0.1) is 0 Å². The van der Waals surface area contributed by atoms with E-state index >= 15 is 0 Å². The second-order valence-corrected chi connectivity index (χ2v) is 15.9. The van der Waals surface area contributed by atoms with Crippen LogP contribution in [0, 0.1) is 6.92 Å². The van der Waals surface area contributed by atoms with E-state index in [1.54, 1.807) is 18.2 Å². The minimum absolute atomic E-state index is 0. The molecular formula is C49H56FeN4O6. The van der Waals surface area contributed by atoms with E-state index in [9.17, 15) is 30.0 Å². The van der Waals surface area contributed by atoms with Crippen molar-refractivity contribution < 1.29 is 47.1 Å². The van der Waals surface area contributed by atoms with Crippen molar-refractivity contribution in [1.29, 1.82) is 0 Å². The maximum atomic E-state index is 11.9. The van der Waals surface area contributed by atoms with E-state index in [1.165, 1.54) is 16.7 Å². The van der Waals surface area contributed by atoms with Gasteiger partial charge >= 0.3 is 17.1 Å². The smallest absolute Gasteiger partial charge is 0.550 e. The second kappa shape index (κ2) is 21.3. The van der Waals surface area contributed by atoms with E-state index in [4.69, 9.17) is 15.0 Å². The van der Waals surface area contributed by atoms with Gasteiger partial charge in [0.2, 0.25) is 0 Å². The fourth-order valence-electron chi connectivity index (χ4n) is 7.80. The second-order valence-electron chi connectivity index (χ2n) is 15.9. The number of aliphatic hydroxyl groups is 2. The first-order chi connectivity index (χ1) is 28.1.